The number of fused-ring (bicyclic) bond motifs is 1. The summed E-state index contributed by atoms with van der Waals surface area (Å²) in [6, 6.07) is 11.9. The van der Waals surface area contributed by atoms with Gasteiger partial charge in [-0.1, -0.05) is 12.1 Å². The molecule has 4 nitrogen and oxygen atoms in total. The maximum absolute atomic E-state index is 13.0. The molecule has 1 fully saturated rings. The molecular formula is C19H19N3O. The predicted octanol–water partition coefficient (Wildman–Crippen LogP) is 3.60. The minimum atomic E-state index is 0.0347. The van der Waals surface area contributed by atoms with E-state index in [1.807, 2.05) is 54.8 Å². The van der Waals surface area contributed by atoms with Crippen molar-refractivity contribution in [1.29, 1.82) is 0 Å². The van der Waals surface area contributed by atoms with Gasteiger partial charge in [0.25, 0.3) is 5.56 Å². The molecule has 23 heavy (non-hydrogen) atoms. The standard InChI is InChI=1S/C19H19N3O/c1-11-3-7-14(16(20)9-11)18-21-17-10-12(2)4-8-15(17)19(23)22(18)13-5-6-13/h3-4,7-10,13H,5-6,20H2,1-2H3. The molecule has 0 amide bonds. The second-order valence-electron chi connectivity index (χ2n) is 6.45. The van der Waals surface area contributed by atoms with Crippen LogP contribution in [0.15, 0.2) is 41.2 Å². The zero-order valence-corrected chi connectivity index (χ0v) is 13.3. The minimum absolute atomic E-state index is 0.0347. The Hall–Kier alpha value is -2.62. The molecule has 0 spiro atoms. The lowest BCUT2D eigenvalue weighted by Gasteiger charge is -2.15. The Morgan fingerprint density at radius 1 is 1.09 bits per heavy atom. The number of nitrogen functional groups attached to an aromatic ring is 1. The molecule has 1 saturated carbocycles. The highest BCUT2D eigenvalue weighted by Gasteiger charge is 2.29. The number of nitrogens with zero attached hydrogens (tertiary/aromatic N) is 2. The molecule has 0 saturated heterocycles. The maximum atomic E-state index is 13.0. The third-order valence-corrected chi connectivity index (χ3v) is 4.42. The number of benzene rings is 2. The highest BCUT2D eigenvalue weighted by Crippen LogP contribution is 2.38. The van der Waals surface area contributed by atoms with Crippen LogP contribution in [0.5, 0.6) is 0 Å². The molecule has 1 heterocycles. The fourth-order valence-electron chi connectivity index (χ4n) is 3.06. The lowest BCUT2D eigenvalue weighted by atomic mass is 10.1. The van der Waals surface area contributed by atoms with Crippen molar-refractivity contribution < 1.29 is 0 Å². The summed E-state index contributed by atoms with van der Waals surface area (Å²) in [7, 11) is 0. The molecule has 2 aromatic carbocycles. The van der Waals surface area contributed by atoms with Crippen LogP contribution in [0.25, 0.3) is 22.3 Å². The van der Waals surface area contributed by atoms with E-state index in [1.165, 1.54) is 0 Å². The number of hydrogen-bond acceptors (Lipinski definition) is 3. The van der Waals surface area contributed by atoms with Gasteiger partial charge in [-0.15, -0.1) is 0 Å². The van der Waals surface area contributed by atoms with Crippen molar-refractivity contribution in [1.82, 2.24) is 9.55 Å². The first-order chi connectivity index (χ1) is 11.0. The zero-order chi connectivity index (χ0) is 16.1. The van der Waals surface area contributed by atoms with Crippen molar-refractivity contribution in [3.05, 3.63) is 57.9 Å². The third-order valence-electron chi connectivity index (χ3n) is 4.42. The fraction of sp³-hybridized carbons (Fsp3) is 0.263. The molecule has 116 valence electrons. The van der Waals surface area contributed by atoms with Crippen LogP contribution < -0.4 is 11.3 Å². The highest BCUT2D eigenvalue weighted by molar-refractivity contribution is 5.82. The van der Waals surface area contributed by atoms with Crippen molar-refractivity contribution in [3.63, 3.8) is 0 Å². The van der Waals surface area contributed by atoms with E-state index in [0.717, 1.165) is 35.0 Å². The fourth-order valence-corrected chi connectivity index (χ4v) is 3.06. The van der Waals surface area contributed by atoms with Gasteiger partial charge in [0.05, 0.1) is 10.9 Å². The van der Waals surface area contributed by atoms with E-state index >= 15 is 0 Å². The second kappa shape index (κ2) is 4.95. The number of nitrogens with two attached hydrogens (primary N) is 1. The van der Waals surface area contributed by atoms with Crippen molar-refractivity contribution in [2.75, 3.05) is 5.73 Å². The maximum Gasteiger partial charge on any atom is 0.261 e. The number of anilines is 1. The van der Waals surface area contributed by atoms with E-state index in [2.05, 4.69) is 0 Å². The molecule has 1 aromatic heterocycles. The van der Waals surface area contributed by atoms with Crippen molar-refractivity contribution >= 4 is 16.6 Å². The monoisotopic (exact) mass is 305 g/mol. The van der Waals surface area contributed by atoms with Gasteiger partial charge in [-0.2, -0.15) is 0 Å². The Morgan fingerprint density at radius 2 is 1.78 bits per heavy atom. The molecule has 3 aromatic rings. The molecule has 0 atom stereocenters. The van der Waals surface area contributed by atoms with Crippen LogP contribution in [0.3, 0.4) is 0 Å². The van der Waals surface area contributed by atoms with Gasteiger partial charge >= 0.3 is 0 Å². The van der Waals surface area contributed by atoms with E-state index in [-0.39, 0.29) is 11.6 Å². The van der Waals surface area contributed by atoms with Gasteiger partial charge in [-0.05, 0) is 62.1 Å². The Balaban J connectivity index is 2.08. The predicted molar refractivity (Wildman–Crippen MR) is 93.6 cm³/mol. The molecule has 4 rings (SSSR count). The number of aromatic nitrogens is 2. The van der Waals surface area contributed by atoms with Gasteiger partial charge in [0.1, 0.15) is 5.82 Å². The van der Waals surface area contributed by atoms with Crippen LogP contribution in [0.2, 0.25) is 0 Å². The molecule has 0 aliphatic heterocycles. The Labute approximate surface area is 134 Å². The van der Waals surface area contributed by atoms with Crippen molar-refractivity contribution in [2.24, 2.45) is 0 Å². The van der Waals surface area contributed by atoms with Gasteiger partial charge in [0.2, 0.25) is 0 Å². The highest BCUT2D eigenvalue weighted by atomic mass is 16.1. The molecule has 1 aliphatic rings. The third kappa shape index (κ3) is 2.31. The average molecular weight is 305 g/mol. The average Bonchev–Trinajstić information content (AvgIpc) is 3.31. The molecule has 1 aliphatic carbocycles. The largest absolute Gasteiger partial charge is 0.398 e. The summed E-state index contributed by atoms with van der Waals surface area (Å²) in [4.78, 5) is 17.8. The van der Waals surface area contributed by atoms with Crippen LogP contribution in [-0.2, 0) is 0 Å². The molecule has 4 heteroatoms. The first-order valence-corrected chi connectivity index (χ1v) is 7.94. The molecule has 0 unspecified atom stereocenters. The van der Waals surface area contributed by atoms with Gasteiger partial charge < -0.3 is 5.73 Å². The van der Waals surface area contributed by atoms with Crippen molar-refractivity contribution in [2.45, 2.75) is 32.7 Å². The van der Waals surface area contributed by atoms with E-state index in [9.17, 15) is 4.79 Å². The van der Waals surface area contributed by atoms with Crippen LogP contribution in [-0.4, -0.2) is 9.55 Å². The number of rotatable bonds is 2. The lowest BCUT2D eigenvalue weighted by molar-refractivity contribution is 0.709. The van der Waals surface area contributed by atoms with Crippen LogP contribution in [0, 0.1) is 13.8 Å². The van der Waals surface area contributed by atoms with E-state index in [1.54, 1.807) is 0 Å². The summed E-state index contributed by atoms with van der Waals surface area (Å²) in [6.07, 6.45) is 2.05. The second-order valence-corrected chi connectivity index (χ2v) is 6.45. The van der Waals surface area contributed by atoms with Gasteiger partial charge in [0, 0.05) is 17.3 Å². The smallest absolute Gasteiger partial charge is 0.261 e. The van der Waals surface area contributed by atoms with E-state index in [4.69, 9.17) is 10.7 Å². The Morgan fingerprint density at radius 3 is 2.48 bits per heavy atom. The quantitative estimate of drug-likeness (QED) is 0.736. The van der Waals surface area contributed by atoms with Crippen LogP contribution >= 0.6 is 0 Å². The summed E-state index contributed by atoms with van der Waals surface area (Å²) in [6.45, 7) is 4.01. The Kier molecular flexibility index (Phi) is 3.01. The van der Waals surface area contributed by atoms with Crippen LogP contribution in [0.1, 0.15) is 30.0 Å². The summed E-state index contributed by atoms with van der Waals surface area (Å²) < 4.78 is 1.83. The Bertz CT molecular complexity index is 984. The first kappa shape index (κ1) is 14.0. The topological polar surface area (TPSA) is 60.9 Å². The minimum Gasteiger partial charge on any atom is -0.398 e. The SMILES string of the molecule is Cc1ccc(-c2nc3cc(C)ccc3c(=O)n2C2CC2)c(N)c1. The molecule has 0 radical (unpaired) electrons. The normalized spacial score (nSPS) is 14.3. The number of aryl methyl sites for hydroxylation is 2. The summed E-state index contributed by atoms with van der Waals surface area (Å²) in [5, 5.41) is 0.678. The molecule has 2 N–H and O–H groups in total. The van der Waals surface area contributed by atoms with E-state index < -0.39 is 0 Å². The van der Waals surface area contributed by atoms with Gasteiger partial charge in [0.15, 0.2) is 0 Å². The summed E-state index contributed by atoms with van der Waals surface area (Å²) in [5.41, 5.74) is 10.7. The molecular weight excluding hydrogens is 286 g/mol. The summed E-state index contributed by atoms with van der Waals surface area (Å²) in [5.74, 6) is 0.688. The van der Waals surface area contributed by atoms with Crippen molar-refractivity contribution in [3.8, 4) is 11.4 Å². The lowest BCUT2D eigenvalue weighted by Crippen LogP contribution is -2.23. The summed E-state index contributed by atoms with van der Waals surface area (Å²) >= 11 is 0. The van der Waals surface area contributed by atoms with Crippen LogP contribution in [0.4, 0.5) is 5.69 Å². The molecule has 0 bridgehead atoms. The van der Waals surface area contributed by atoms with E-state index in [0.29, 0.717) is 16.9 Å². The first-order valence-electron chi connectivity index (χ1n) is 7.94. The number of hydrogen-bond donors (Lipinski definition) is 1. The van der Waals surface area contributed by atoms with Gasteiger partial charge in [-0.3, -0.25) is 9.36 Å². The zero-order valence-electron chi connectivity index (χ0n) is 13.3. The van der Waals surface area contributed by atoms with Gasteiger partial charge in [-0.25, -0.2) is 4.98 Å².